The molecular weight excluding hydrogens is 171 g/mol. The van der Waals surface area contributed by atoms with E-state index in [0.29, 0.717) is 0 Å². The second-order valence-electron chi connectivity index (χ2n) is 1.80. The Labute approximate surface area is 57.3 Å². The van der Waals surface area contributed by atoms with Crippen LogP contribution in [0.3, 0.4) is 0 Å². The third kappa shape index (κ3) is 2.07. The van der Waals surface area contributed by atoms with Crippen LogP contribution in [0, 0.1) is 0 Å². The van der Waals surface area contributed by atoms with Crippen LogP contribution in [-0.2, 0) is 0 Å². The van der Waals surface area contributed by atoms with Crippen LogP contribution in [0.1, 0.15) is 19.3 Å². The van der Waals surface area contributed by atoms with Gasteiger partial charge in [0.1, 0.15) is 0 Å². The van der Waals surface area contributed by atoms with Crippen LogP contribution in [0.5, 0.6) is 0 Å². The molecule has 1 rings (SSSR count). The fourth-order valence-electron chi connectivity index (χ4n) is 0.711. The van der Waals surface area contributed by atoms with E-state index in [0.717, 1.165) is 4.15 Å². The van der Waals surface area contributed by atoms with Gasteiger partial charge < -0.3 is 0 Å². The number of thioether (sulfide) groups is 1. The van der Waals surface area contributed by atoms with E-state index in [1.165, 1.54) is 25.0 Å². The molecule has 1 aliphatic rings. The predicted octanol–water partition coefficient (Wildman–Crippen LogP) is 1.40. The molecule has 0 saturated carbocycles. The van der Waals surface area contributed by atoms with Crippen molar-refractivity contribution >= 4 is 27.8 Å². The Morgan fingerprint density at radius 1 is 1.43 bits per heavy atom. The Bertz CT molecular complexity index is 50.0. The van der Waals surface area contributed by atoms with Crippen molar-refractivity contribution in [2.75, 3.05) is 5.75 Å². The molecule has 1 unspecified atom stereocenters. The summed E-state index contributed by atoms with van der Waals surface area (Å²) in [5.41, 5.74) is 0. The van der Waals surface area contributed by atoms with Gasteiger partial charge in [-0.25, -0.2) is 0 Å². The molecule has 0 aliphatic carbocycles. The van der Waals surface area contributed by atoms with E-state index in [2.05, 4.69) is 27.8 Å². The van der Waals surface area contributed by atoms with Crippen LogP contribution in [-0.4, -0.2) is 25.9 Å². The van der Waals surface area contributed by atoms with Crippen molar-refractivity contribution < 1.29 is 0 Å². The van der Waals surface area contributed by atoms with E-state index >= 15 is 0 Å². The summed E-state index contributed by atoms with van der Waals surface area (Å²) in [5, 5.41) is 0. The quantitative estimate of drug-likeness (QED) is 0.508. The van der Waals surface area contributed by atoms with Gasteiger partial charge in [-0.05, 0) is 0 Å². The number of hydrogen-bond donors (Lipinski definition) is 0. The molecule has 0 amide bonds. The van der Waals surface area contributed by atoms with Crippen LogP contribution in [0.15, 0.2) is 0 Å². The Morgan fingerprint density at radius 2 is 2.29 bits per heavy atom. The molecule has 0 spiro atoms. The topological polar surface area (TPSA) is 0 Å². The summed E-state index contributed by atoms with van der Waals surface area (Å²) in [6.07, 6.45) is 4.26. The van der Waals surface area contributed by atoms with E-state index in [1.807, 2.05) is 0 Å². The van der Waals surface area contributed by atoms with E-state index in [4.69, 9.17) is 0 Å². The molecule has 1 saturated heterocycles. The van der Waals surface area contributed by atoms with Crippen LogP contribution < -0.4 is 0 Å². The minimum atomic E-state index is 0.828. The van der Waals surface area contributed by atoms with Crippen molar-refractivity contribution in [3.8, 4) is 0 Å². The first-order valence-corrected chi connectivity index (χ1v) is 4.71. The third-order valence-electron chi connectivity index (χ3n) is 1.14. The van der Waals surface area contributed by atoms with E-state index in [1.54, 1.807) is 0 Å². The van der Waals surface area contributed by atoms with Crippen LogP contribution >= 0.6 is 11.8 Å². The first-order chi connectivity index (χ1) is 3.39. The molecule has 1 heterocycles. The first-order valence-electron chi connectivity index (χ1n) is 2.67. The van der Waals surface area contributed by atoms with Gasteiger partial charge in [0.15, 0.2) is 0 Å². The molecule has 0 bridgehead atoms. The minimum absolute atomic E-state index is 0.828. The molecule has 2 heteroatoms. The molecule has 0 aromatic rings. The Kier molecular flexibility index (Phi) is 2.58. The first kappa shape index (κ1) is 6.00. The Balaban J connectivity index is 2.12. The van der Waals surface area contributed by atoms with Gasteiger partial charge >= 0.3 is 56.9 Å². The molecule has 7 heavy (non-hydrogen) atoms. The molecular formula is C5H9SSe. The van der Waals surface area contributed by atoms with Crippen molar-refractivity contribution in [2.45, 2.75) is 23.4 Å². The van der Waals surface area contributed by atoms with E-state index in [9.17, 15) is 0 Å². The van der Waals surface area contributed by atoms with Gasteiger partial charge in [-0.2, -0.15) is 0 Å². The zero-order valence-corrected chi connectivity index (χ0v) is 6.75. The summed E-state index contributed by atoms with van der Waals surface area (Å²) in [6, 6.07) is 0. The van der Waals surface area contributed by atoms with Crippen molar-refractivity contribution in [3.05, 3.63) is 0 Å². The average Bonchev–Trinajstić information content (AvgIpc) is 1.69. The summed E-state index contributed by atoms with van der Waals surface area (Å²) in [7, 11) is 0. The van der Waals surface area contributed by atoms with Crippen molar-refractivity contribution in [2.24, 2.45) is 0 Å². The van der Waals surface area contributed by atoms with Crippen molar-refractivity contribution in [1.29, 1.82) is 0 Å². The van der Waals surface area contributed by atoms with Gasteiger partial charge in [-0.3, -0.25) is 0 Å². The summed E-state index contributed by atoms with van der Waals surface area (Å²) in [5.74, 6) is 1.37. The van der Waals surface area contributed by atoms with E-state index < -0.39 is 0 Å². The van der Waals surface area contributed by atoms with Gasteiger partial charge in [0, 0.05) is 0 Å². The maximum atomic E-state index is 3.14. The molecule has 1 atom stereocenters. The van der Waals surface area contributed by atoms with E-state index in [-0.39, 0.29) is 0 Å². The number of rotatable bonds is 0. The molecule has 0 aromatic carbocycles. The Morgan fingerprint density at radius 3 is 2.57 bits per heavy atom. The average molecular weight is 180 g/mol. The SMILES string of the molecule is [Se]C1CCCCS1. The second kappa shape index (κ2) is 3.01. The molecule has 41 valence electrons. The molecule has 0 aromatic heterocycles. The fourth-order valence-corrected chi connectivity index (χ4v) is 2.63. The molecule has 1 radical (unpaired) electrons. The summed E-state index contributed by atoms with van der Waals surface area (Å²) >= 11 is 5.20. The van der Waals surface area contributed by atoms with Gasteiger partial charge in [-0.15, -0.1) is 0 Å². The van der Waals surface area contributed by atoms with Gasteiger partial charge in [0.2, 0.25) is 0 Å². The van der Waals surface area contributed by atoms with Crippen LogP contribution in [0.25, 0.3) is 0 Å². The normalized spacial score (nSPS) is 33.0. The second-order valence-corrected chi connectivity index (χ2v) is 4.97. The maximum absolute atomic E-state index is 3.14. The third-order valence-corrected chi connectivity index (χ3v) is 3.62. The monoisotopic (exact) mass is 181 g/mol. The summed E-state index contributed by atoms with van der Waals surface area (Å²) < 4.78 is 0.828. The molecule has 1 fully saturated rings. The van der Waals surface area contributed by atoms with Gasteiger partial charge in [-0.1, -0.05) is 0 Å². The van der Waals surface area contributed by atoms with Gasteiger partial charge in [0.25, 0.3) is 0 Å². The number of hydrogen-bond acceptors (Lipinski definition) is 1. The molecule has 0 nitrogen and oxygen atoms in total. The molecule has 0 N–H and O–H groups in total. The van der Waals surface area contributed by atoms with Gasteiger partial charge in [0.05, 0.1) is 0 Å². The zero-order chi connectivity index (χ0) is 5.11. The predicted molar refractivity (Wildman–Crippen MR) is 35.9 cm³/mol. The summed E-state index contributed by atoms with van der Waals surface area (Å²) in [4.78, 5) is 0. The van der Waals surface area contributed by atoms with Crippen LogP contribution in [0.4, 0.5) is 0 Å². The van der Waals surface area contributed by atoms with Crippen molar-refractivity contribution in [1.82, 2.24) is 0 Å². The summed E-state index contributed by atoms with van der Waals surface area (Å²) in [6.45, 7) is 0. The Hall–Kier alpha value is 0.869. The van der Waals surface area contributed by atoms with Crippen molar-refractivity contribution in [3.63, 3.8) is 0 Å². The standard InChI is InChI=1S/C5H9SSe/c7-5-3-1-2-4-6-5/h5H,1-4H2. The zero-order valence-electron chi connectivity index (χ0n) is 4.22. The van der Waals surface area contributed by atoms with Crippen LogP contribution in [0.2, 0.25) is 0 Å². The fraction of sp³-hybridized carbons (Fsp3) is 1.00. The molecule has 1 aliphatic heterocycles.